The lowest BCUT2D eigenvalue weighted by Gasteiger charge is -2.32. The number of hydrogen-bond acceptors (Lipinski definition) is 5. The third-order valence-corrected chi connectivity index (χ3v) is 5.17. The molecule has 1 aliphatic heterocycles. The van der Waals surface area contributed by atoms with E-state index in [1.54, 1.807) is 0 Å². The molecule has 1 atom stereocenters. The van der Waals surface area contributed by atoms with E-state index in [1.807, 2.05) is 73.5 Å². The molecular weight excluding hydrogens is 362 g/mol. The summed E-state index contributed by atoms with van der Waals surface area (Å²) in [6.45, 7) is 5.36. The predicted octanol–water partition coefficient (Wildman–Crippen LogP) is 4.25. The van der Waals surface area contributed by atoms with Crippen molar-refractivity contribution in [1.29, 1.82) is 0 Å². The molecule has 0 spiro atoms. The minimum absolute atomic E-state index is 0.0864. The largest absolute Gasteiger partial charge is 0.338 e. The normalized spacial score (nSPS) is 16.5. The van der Waals surface area contributed by atoms with Crippen LogP contribution in [-0.2, 0) is 0 Å². The van der Waals surface area contributed by atoms with Crippen molar-refractivity contribution in [3.63, 3.8) is 0 Å². The summed E-state index contributed by atoms with van der Waals surface area (Å²) >= 11 is 0. The zero-order chi connectivity index (χ0) is 20.2. The lowest BCUT2D eigenvalue weighted by atomic mass is 9.94. The summed E-state index contributed by atoms with van der Waals surface area (Å²) in [5, 5.41) is 3.27. The number of carbonyl (C=O) groups excluding carboxylic acids is 1. The highest BCUT2D eigenvalue weighted by Gasteiger charge is 2.26. The first-order valence-corrected chi connectivity index (χ1v) is 9.98. The van der Waals surface area contributed by atoms with Gasteiger partial charge in [-0.05, 0) is 50.5 Å². The fraction of sp³-hybridized carbons (Fsp3) is 0.304. The molecular formula is C23H25N5O. The van der Waals surface area contributed by atoms with E-state index in [-0.39, 0.29) is 11.8 Å². The van der Waals surface area contributed by atoms with Crippen LogP contribution >= 0.6 is 0 Å². The van der Waals surface area contributed by atoms with Gasteiger partial charge < -0.3 is 10.2 Å². The highest BCUT2D eigenvalue weighted by atomic mass is 16.2. The van der Waals surface area contributed by atoms with E-state index in [4.69, 9.17) is 0 Å². The summed E-state index contributed by atoms with van der Waals surface area (Å²) < 4.78 is 0. The molecule has 1 fully saturated rings. The number of benzene rings is 1. The van der Waals surface area contributed by atoms with Crippen molar-refractivity contribution in [3.05, 3.63) is 77.4 Å². The van der Waals surface area contributed by atoms with Gasteiger partial charge in [-0.1, -0.05) is 24.3 Å². The highest BCUT2D eigenvalue weighted by molar-refractivity contribution is 5.94. The van der Waals surface area contributed by atoms with Gasteiger partial charge in [-0.15, -0.1) is 0 Å². The Kier molecular flexibility index (Phi) is 5.51. The molecule has 1 amide bonds. The van der Waals surface area contributed by atoms with Crippen LogP contribution in [0.4, 0.5) is 11.6 Å². The van der Waals surface area contributed by atoms with Crippen molar-refractivity contribution in [1.82, 2.24) is 19.9 Å². The highest BCUT2D eigenvalue weighted by Crippen LogP contribution is 2.28. The third kappa shape index (κ3) is 4.59. The number of nitrogens with one attached hydrogen (secondary N) is 1. The van der Waals surface area contributed by atoms with Crippen LogP contribution in [0, 0.1) is 13.8 Å². The summed E-state index contributed by atoms with van der Waals surface area (Å²) in [7, 11) is 0. The Morgan fingerprint density at radius 3 is 2.66 bits per heavy atom. The van der Waals surface area contributed by atoms with E-state index in [0.29, 0.717) is 12.4 Å². The maximum absolute atomic E-state index is 12.9. The lowest BCUT2D eigenvalue weighted by molar-refractivity contribution is 0.0706. The number of rotatable bonds is 4. The van der Waals surface area contributed by atoms with Gasteiger partial charge in [0.2, 0.25) is 0 Å². The third-order valence-electron chi connectivity index (χ3n) is 5.17. The van der Waals surface area contributed by atoms with Gasteiger partial charge in [0.15, 0.2) is 0 Å². The van der Waals surface area contributed by atoms with Crippen LogP contribution in [0.25, 0.3) is 0 Å². The SMILES string of the molecule is Cc1ccc(Nc2cc(C3CCCN(C(=O)c4ccccc4)C3)nc(C)n2)nc1. The number of piperidine rings is 1. The molecule has 0 radical (unpaired) electrons. The molecule has 6 heteroatoms. The van der Waals surface area contributed by atoms with Crippen molar-refractivity contribution in [3.8, 4) is 0 Å². The fourth-order valence-electron chi connectivity index (χ4n) is 3.70. The number of amides is 1. The molecule has 6 nitrogen and oxygen atoms in total. The first-order chi connectivity index (χ1) is 14.1. The average molecular weight is 387 g/mol. The summed E-state index contributed by atoms with van der Waals surface area (Å²) in [4.78, 5) is 28.4. The summed E-state index contributed by atoms with van der Waals surface area (Å²) in [6, 6.07) is 15.4. The second-order valence-electron chi connectivity index (χ2n) is 7.53. The zero-order valence-corrected chi connectivity index (χ0v) is 16.8. The Labute approximate surface area is 171 Å². The minimum atomic E-state index is 0.0864. The molecule has 0 saturated carbocycles. The van der Waals surface area contributed by atoms with E-state index in [0.717, 1.165) is 47.8 Å². The van der Waals surface area contributed by atoms with Gasteiger partial charge >= 0.3 is 0 Å². The van der Waals surface area contributed by atoms with Crippen LogP contribution < -0.4 is 5.32 Å². The fourth-order valence-corrected chi connectivity index (χ4v) is 3.70. The van der Waals surface area contributed by atoms with Gasteiger partial charge in [-0.25, -0.2) is 15.0 Å². The number of pyridine rings is 1. The first-order valence-electron chi connectivity index (χ1n) is 9.98. The Balaban J connectivity index is 1.52. The van der Waals surface area contributed by atoms with E-state index < -0.39 is 0 Å². The smallest absolute Gasteiger partial charge is 0.253 e. The number of likely N-dealkylation sites (tertiary alicyclic amines) is 1. The molecule has 3 aromatic rings. The molecule has 4 rings (SSSR count). The Bertz CT molecular complexity index is 988. The van der Waals surface area contributed by atoms with E-state index >= 15 is 0 Å². The number of aryl methyl sites for hydroxylation is 2. The Morgan fingerprint density at radius 2 is 1.90 bits per heavy atom. The zero-order valence-electron chi connectivity index (χ0n) is 16.8. The van der Waals surface area contributed by atoms with Gasteiger partial charge in [-0.2, -0.15) is 0 Å². The van der Waals surface area contributed by atoms with Crippen molar-refractivity contribution in [2.24, 2.45) is 0 Å². The number of hydrogen-bond donors (Lipinski definition) is 1. The van der Waals surface area contributed by atoms with E-state index in [2.05, 4.69) is 20.3 Å². The minimum Gasteiger partial charge on any atom is -0.338 e. The van der Waals surface area contributed by atoms with Gasteiger partial charge in [0.05, 0.1) is 5.69 Å². The number of anilines is 2. The molecule has 0 aliphatic carbocycles. The summed E-state index contributed by atoms with van der Waals surface area (Å²) in [6.07, 6.45) is 3.80. The van der Waals surface area contributed by atoms with Crippen molar-refractivity contribution in [2.75, 3.05) is 18.4 Å². The molecule has 1 aromatic carbocycles. The molecule has 1 saturated heterocycles. The molecule has 148 valence electrons. The molecule has 2 aromatic heterocycles. The second-order valence-corrected chi connectivity index (χ2v) is 7.53. The average Bonchev–Trinajstić information content (AvgIpc) is 2.75. The van der Waals surface area contributed by atoms with Gasteiger partial charge in [0.25, 0.3) is 5.91 Å². The predicted molar refractivity (Wildman–Crippen MR) is 113 cm³/mol. The van der Waals surface area contributed by atoms with Crippen molar-refractivity contribution < 1.29 is 4.79 Å². The maximum atomic E-state index is 12.9. The maximum Gasteiger partial charge on any atom is 0.253 e. The summed E-state index contributed by atoms with van der Waals surface area (Å²) in [5.74, 6) is 2.48. The van der Waals surface area contributed by atoms with Crippen LogP contribution in [-0.4, -0.2) is 38.8 Å². The van der Waals surface area contributed by atoms with Crippen LogP contribution in [0.15, 0.2) is 54.7 Å². The molecule has 1 unspecified atom stereocenters. The van der Waals surface area contributed by atoms with Crippen molar-refractivity contribution in [2.45, 2.75) is 32.6 Å². The molecule has 1 aliphatic rings. The van der Waals surface area contributed by atoms with Crippen molar-refractivity contribution >= 4 is 17.5 Å². The Hall–Kier alpha value is -3.28. The lowest BCUT2D eigenvalue weighted by Crippen LogP contribution is -2.39. The quantitative estimate of drug-likeness (QED) is 0.725. The van der Waals surface area contributed by atoms with Crippen LogP contribution in [0.1, 0.15) is 46.2 Å². The summed E-state index contributed by atoms with van der Waals surface area (Å²) in [5.41, 5.74) is 2.82. The molecule has 1 N–H and O–H groups in total. The van der Waals surface area contributed by atoms with Gasteiger partial charge in [0.1, 0.15) is 17.5 Å². The number of carbonyl (C=O) groups is 1. The van der Waals surface area contributed by atoms with E-state index in [1.165, 1.54) is 0 Å². The number of aromatic nitrogens is 3. The van der Waals surface area contributed by atoms with E-state index in [9.17, 15) is 4.79 Å². The van der Waals surface area contributed by atoms with Gasteiger partial charge in [0, 0.05) is 36.8 Å². The first kappa shape index (κ1) is 19.1. The standard InChI is InChI=1S/C23H25N5O/c1-16-10-11-21(24-14-16)27-22-13-20(25-17(2)26-22)19-9-6-12-28(15-19)23(29)18-7-4-3-5-8-18/h3-5,7-8,10-11,13-14,19H,6,9,12,15H2,1-2H3,(H,24,25,26,27). The van der Waals surface area contributed by atoms with Crippen LogP contribution in [0.3, 0.4) is 0 Å². The van der Waals surface area contributed by atoms with Gasteiger partial charge in [-0.3, -0.25) is 4.79 Å². The molecule has 29 heavy (non-hydrogen) atoms. The van der Waals surface area contributed by atoms with Crippen LogP contribution in [0.2, 0.25) is 0 Å². The second kappa shape index (κ2) is 8.39. The molecule has 3 heterocycles. The monoisotopic (exact) mass is 387 g/mol. The van der Waals surface area contributed by atoms with Crippen LogP contribution in [0.5, 0.6) is 0 Å². The Morgan fingerprint density at radius 1 is 1.07 bits per heavy atom. The molecule has 0 bridgehead atoms. The number of nitrogens with zero attached hydrogens (tertiary/aromatic N) is 4. The topological polar surface area (TPSA) is 71.0 Å².